The number of hydrogen-bond acceptors (Lipinski definition) is 6. The Balaban J connectivity index is 1.53. The number of esters is 1. The highest BCUT2D eigenvalue weighted by Gasteiger charge is 2.47. The number of carbonyl (C=O) groups excluding carboxylic acids is 1. The zero-order chi connectivity index (χ0) is 21.7. The molecule has 0 saturated heterocycles. The van der Waals surface area contributed by atoms with Crippen LogP contribution < -0.4 is 0 Å². The van der Waals surface area contributed by atoms with Gasteiger partial charge in [-0.15, -0.1) is 0 Å². The van der Waals surface area contributed by atoms with Gasteiger partial charge in [-0.05, 0) is 55.9 Å². The molecule has 3 saturated carbocycles. The summed E-state index contributed by atoms with van der Waals surface area (Å²) in [6.45, 7) is 0. The molecular formula is C22H23F2N5O2. The average molecular weight is 427 g/mol. The lowest BCUT2D eigenvalue weighted by Crippen LogP contribution is -2.45. The summed E-state index contributed by atoms with van der Waals surface area (Å²) < 4.78 is 35.1. The Morgan fingerprint density at radius 3 is 2.65 bits per heavy atom. The Morgan fingerprint density at radius 2 is 1.90 bits per heavy atom. The van der Waals surface area contributed by atoms with Crippen molar-refractivity contribution >= 4 is 17.0 Å². The largest absolute Gasteiger partial charge is 0.469 e. The van der Waals surface area contributed by atoms with Gasteiger partial charge in [0.15, 0.2) is 17.3 Å². The summed E-state index contributed by atoms with van der Waals surface area (Å²) in [7, 11) is 3.10. The van der Waals surface area contributed by atoms with Gasteiger partial charge in [-0.3, -0.25) is 4.79 Å². The van der Waals surface area contributed by atoms with Gasteiger partial charge in [0.2, 0.25) is 0 Å². The molecule has 0 N–H and O–H groups in total. The highest BCUT2D eigenvalue weighted by Crippen LogP contribution is 2.50. The highest BCUT2D eigenvalue weighted by molar-refractivity contribution is 5.89. The number of ether oxygens (including phenoxy) is 1. The van der Waals surface area contributed by atoms with E-state index in [0.717, 1.165) is 38.1 Å². The number of methoxy groups -OCH3 is 1. The molecule has 162 valence electrons. The number of aryl methyl sites for hydroxylation is 1. The first-order valence-electron chi connectivity index (χ1n) is 10.5. The average Bonchev–Trinajstić information content (AvgIpc) is 3.11. The second-order valence-corrected chi connectivity index (χ2v) is 8.58. The van der Waals surface area contributed by atoms with Crippen LogP contribution in [-0.4, -0.2) is 37.8 Å². The number of pyridine rings is 1. The lowest BCUT2D eigenvalue weighted by Gasteiger charge is -2.47. The van der Waals surface area contributed by atoms with E-state index in [1.165, 1.54) is 17.9 Å². The monoisotopic (exact) mass is 427 g/mol. The van der Waals surface area contributed by atoms with E-state index < -0.39 is 11.6 Å². The maximum atomic E-state index is 14.7. The topological polar surface area (TPSA) is 82.8 Å². The van der Waals surface area contributed by atoms with Crippen molar-refractivity contribution in [2.45, 2.75) is 32.1 Å². The minimum atomic E-state index is -0.515. The second kappa shape index (κ2) is 7.62. The van der Waals surface area contributed by atoms with Gasteiger partial charge in [0.25, 0.3) is 0 Å². The molecule has 0 amide bonds. The lowest BCUT2D eigenvalue weighted by atomic mass is 9.57. The van der Waals surface area contributed by atoms with E-state index in [0.29, 0.717) is 29.1 Å². The fourth-order valence-corrected chi connectivity index (χ4v) is 5.54. The standard InChI is InChI=1S/C22H23F2N5O2/c1-29-21-15(7-13(23)9-26-21)19(28-29)20-25-10-16(24)17(27-20)8-14-11-3-5-12(6-4-11)18(14)22(30)31-2/h7,9-12,14,18H,3-6,8H2,1-2H3/t11?,12?,14?,18-/m1/s1. The maximum absolute atomic E-state index is 14.7. The first-order valence-corrected chi connectivity index (χ1v) is 10.5. The summed E-state index contributed by atoms with van der Waals surface area (Å²) in [6, 6.07) is 1.32. The second-order valence-electron chi connectivity index (χ2n) is 8.58. The third-order valence-corrected chi connectivity index (χ3v) is 6.97. The van der Waals surface area contributed by atoms with Gasteiger partial charge in [0.05, 0.1) is 36.5 Å². The van der Waals surface area contributed by atoms with Crippen molar-refractivity contribution in [1.29, 1.82) is 0 Å². The maximum Gasteiger partial charge on any atom is 0.309 e. The summed E-state index contributed by atoms with van der Waals surface area (Å²) in [5.74, 6) is -0.638. The number of halogens is 2. The van der Waals surface area contributed by atoms with E-state index in [1.807, 2.05) is 0 Å². The molecule has 3 fully saturated rings. The fraction of sp³-hybridized carbons (Fsp3) is 0.500. The first-order chi connectivity index (χ1) is 15.0. The molecule has 9 heteroatoms. The summed E-state index contributed by atoms with van der Waals surface area (Å²) in [5.41, 5.74) is 1.08. The zero-order valence-corrected chi connectivity index (χ0v) is 17.4. The molecule has 0 radical (unpaired) electrons. The number of aromatic nitrogens is 5. The van der Waals surface area contributed by atoms with Crippen molar-refractivity contribution < 1.29 is 18.3 Å². The van der Waals surface area contributed by atoms with Gasteiger partial charge >= 0.3 is 5.97 Å². The quantitative estimate of drug-likeness (QED) is 0.593. The molecule has 3 aromatic rings. The molecule has 3 aliphatic rings. The van der Waals surface area contributed by atoms with Crippen molar-refractivity contribution in [1.82, 2.24) is 24.7 Å². The molecule has 1 unspecified atom stereocenters. The van der Waals surface area contributed by atoms with Gasteiger partial charge in [-0.1, -0.05) is 0 Å². The van der Waals surface area contributed by atoms with E-state index >= 15 is 0 Å². The number of fused-ring (bicyclic) bond motifs is 4. The van der Waals surface area contributed by atoms with E-state index in [4.69, 9.17) is 4.74 Å². The molecule has 0 spiro atoms. The van der Waals surface area contributed by atoms with Crippen LogP contribution in [0.5, 0.6) is 0 Å². The number of nitrogens with zero attached hydrogens (tertiary/aromatic N) is 5. The normalized spacial score (nSPS) is 25.2. The third-order valence-electron chi connectivity index (χ3n) is 6.97. The molecule has 3 aliphatic carbocycles. The Morgan fingerprint density at radius 1 is 1.16 bits per heavy atom. The van der Waals surface area contributed by atoms with Gasteiger partial charge in [0, 0.05) is 7.05 Å². The molecule has 6 rings (SSSR count). The Labute approximate surface area is 177 Å². The predicted molar refractivity (Wildman–Crippen MR) is 108 cm³/mol. The van der Waals surface area contributed by atoms with E-state index in [9.17, 15) is 13.6 Å². The minimum absolute atomic E-state index is 0.0169. The lowest BCUT2D eigenvalue weighted by molar-refractivity contribution is -0.156. The number of hydrogen-bond donors (Lipinski definition) is 0. The van der Waals surface area contributed by atoms with E-state index in [-0.39, 0.29) is 35.2 Å². The minimum Gasteiger partial charge on any atom is -0.469 e. The Bertz CT molecular complexity index is 1160. The zero-order valence-electron chi connectivity index (χ0n) is 17.4. The molecule has 2 atom stereocenters. The van der Waals surface area contributed by atoms with Gasteiger partial charge < -0.3 is 4.74 Å². The smallest absolute Gasteiger partial charge is 0.309 e. The van der Waals surface area contributed by atoms with Crippen LogP contribution in [0.15, 0.2) is 18.5 Å². The third kappa shape index (κ3) is 3.36. The fourth-order valence-electron chi connectivity index (χ4n) is 5.54. The van der Waals surface area contributed by atoms with Crippen LogP contribution >= 0.6 is 0 Å². The molecule has 31 heavy (non-hydrogen) atoms. The van der Waals surface area contributed by atoms with Crippen molar-refractivity contribution in [3.05, 3.63) is 35.8 Å². The van der Waals surface area contributed by atoms with Crippen molar-refractivity contribution in [2.75, 3.05) is 7.11 Å². The molecule has 0 aliphatic heterocycles. The molecule has 3 aromatic heterocycles. The van der Waals surface area contributed by atoms with E-state index in [1.54, 1.807) is 7.05 Å². The molecule has 2 bridgehead atoms. The molecule has 0 aromatic carbocycles. The van der Waals surface area contributed by atoms with Crippen LogP contribution in [0.1, 0.15) is 31.4 Å². The summed E-state index contributed by atoms with van der Waals surface area (Å²) in [6.07, 6.45) is 6.68. The van der Waals surface area contributed by atoms with Crippen molar-refractivity contribution in [3.8, 4) is 11.5 Å². The van der Waals surface area contributed by atoms with Gasteiger partial charge in [-0.2, -0.15) is 5.10 Å². The summed E-state index contributed by atoms with van der Waals surface area (Å²) >= 11 is 0. The predicted octanol–water partition coefficient (Wildman–Crippen LogP) is 3.47. The SMILES string of the molecule is COC(=O)[C@@H]1C2CCC(CC2)C1Cc1nc(-c2nn(C)c3ncc(F)cc23)ncc1F. The summed E-state index contributed by atoms with van der Waals surface area (Å²) in [5, 5.41) is 4.84. The van der Waals surface area contributed by atoms with Gasteiger partial charge in [0.1, 0.15) is 11.5 Å². The molecule has 7 nitrogen and oxygen atoms in total. The first kappa shape index (κ1) is 20.0. The number of rotatable bonds is 4. The van der Waals surface area contributed by atoms with Crippen LogP contribution in [0, 0.1) is 35.3 Å². The van der Waals surface area contributed by atoms with Crippen LogP contribution in [0.4, 0.5) is 8.78 Å². The molecule has 3 heterocycles. The Kier molecular flexibility index (Phi) is 4.91. The van der Waals surface area contributed by atoms with Crippen LogP contribution in [0.3, 0.4) is 0 Å². The van der Waals surface area contributed by atoms with Crippen molar-refractivity contribution in [3.63, 3.8) is 0 Å². The van der Waals surface area contributed by atoms with Crippen LogP contribution in [-0.2, 0) is 23.0 Å². The highest BCUT2D eigenvalue weighted by atomic mass is 19.1. The van der Waals surface area contributed by atoms with Crippen LogP contribution in [0.25, 0.3) is 22.6 Å². The summed E-state index contributed by atoms with van der Waals surface area (Å²) in [4.78, 5) is 25.2. The number of carbonyl (C=O) groups is 1. The van der Waals surface area contributed by atoms with E-state index in [2.05, 4.69) is 20.1 Å². The van der Waals surface area contributed by atoms with Gasteiger partial charge in [-0.25, -0.2) is 28.4 Å². The van der Waals surface area contributed by atoms with Crippen LogP contribution in [0.2, 0.25) is 0 Å². The Hall–Kier alpha value is -2.97. The molecular weight excluding hydrogens is 404 g/mol. The van der Waals surface area contributed by atoms with Crippen molar-refractivity contribution in [2.24, 2.45) is 30.7 Å².